The number of nitrogens with zero attached hydrogens (tertiary/aromatic N) is 2. The molecule has 1 N–H and O–H groups in total. The van der Waals surface area contributed by atoms with Crippen LogP contribution in [-0.2, 0) is 27.7 Å². The highest BCUT2D eigenvalue weighted by molar-refractivity contribution is 7.89. The number of halogens is 2. The third kappa shape index (κ3) is 6.02. The normalized spacial score (nSPS) is 20.4. The second kappa shape index (κ2) is 10.5. The fourth-order valence-electron chi connectivity index (χ4n) is 4.39. The highest BCUT2D eigenvalue weighted by atomic mass is 35.5. The second-order valence-corrected chi connectivity index (χ2v) is 11.0. The van der Waals surface area contributed by atoms with Gasteiger partial charge in [0, 0.05) is 25.2 Å². The molecule has 0 bridgehead atoms. The first kappa shape index (κ1) is 25.0. The molecule has 0 unspecified atom stereocenters. The van der Waals surface area contributed by atoms with Crippen LogP contribution in [0.5, 0.6) is 0 Å². The zero-order valence-electron chi connectivity index (χ0n) is 18.2. The molecule has 3 rings (SSSR count). The number of aryl methyl sites for hydroxylation is 1. The van der Waals surface area contributed by atoms with Gasteiger partial charge >= 0.3 is 5.97 Å². The summed E-state index contributed by atoms with van der Waals surface area (Å²) >= 11 is 12.1. The summed E-state index contributed by atoms with van der Waals surface area (Å²) in [5.74, 6) is -0.990. The molecule has 2 atom stereocenters. The number of sulfonamides is 1. The first-order valence-electron chi connectivity index (χ1n) is 10.6. The molecule has 0 radical (unpaired) electrons. The lowest BCUT2D eigenvalue weighted by Crippen LogP contribution is -2.58. The third-order valence-electron chi connectivity index (χ3n) is 5.67. The molecule has 2 aromatic rings. The Morgan fingerprint density at radius 2 is 1.72 bits per heavy atom. The highest BCUT2D eigenvalue weighted by Gasteiger charge is 2.38. The average molecular weight is 499 g/mol. The molecule has 1 aliphatic heterocycles. The van der Waals surface area contributed by atoms with Crippen LogP contribution >= 0.6 is 23.2 Å². The minimum Gasteiger partial charge on any atom is -0.481 e. The van der Waals surface area contributed by atoms with Gasteiger partial charge in [-0.2, -0.15) is 4.31 Å². The van der Waals surface area contributed by atoms with Crippen molar-refractivity contribution in [2.45, 2.75) is 50.1 Å². The van der Waals surface area contributed by atoms with Crippen LogP contribution in [0.1, 0.15) is 31.4 Å². The molecule has 0 amide bonds. The highest BCUT2D eigenvalue weighted by Crippen LogP contribution is 2.27. The van der Waals surface area contributed by atoms with E-state index in [0.717, 1.165) is 24.9 Å². The summed E-state index contributed by atoms with van der Waals surface area (Å²) in [5, 5.41) is 10.1. The van der Waals surface area contributed by atoms with E-state index < -0.39 is 16.0 Å². The molecule has 0 aromatic heterocycles. The predicted octanol–water partition coefficient (Wildman–Crippen LogP) is 4.34. The number of aliphatic carboxylic acids is 1. The molecule has 1 heterocycles. The quantitative estimate of drug-likeness (QED) is 0.585. The van der Waals surface area contributed by atoms with Crippen LogP contribution in [-0.4, -0.2) is 60.4 Å². The number of hydrogen-bond acceptors (Lipinski definition) is 4. The predicted molar refractivity (Wildman–Crippen MR) is 127 cm³/mol. The minimum absolute atomic E-state index is 0.142. The van der Waals surface area contributed by atoms with Gasteiger partial charge in [-0.15, -0.1) is 0 Å². The molecule has 0 saturated carbocycles. The Bertz CT molecular complexity index is 1070. The van der Waals surface area contributed by atoms with Crippen molar-refractivity contribution in [1.29, 1.82) is 0 Å². The van der Waals surface area contributed by atoms with Crippen molar-refractivity contribution in [1.82, 2.24) is 9.21 Å². The Morgan fingerprint density at radius 3 is 2.34 bits per heavy atom. The largest absolute Gasteiger partial charge is 0.481 e. The van der Waals surface area contributed by atoms with Gasteiger partial charge in [0.2, 0.25) is 10.0 Å². The second-order valence-electron chi connectivity index (χ2n) is 8.36. The lowest BCUT2D eigenvalue weighted by atomic mass is 10.1. The maximum Gasteiger partial charge on any atom is 0.307 e. The number of hydrogen-bond donors (Lipinski definition) is 1. The lowest BCUT2D eigenvalue weighted by Gasteiger charge is -2.43. The third-order valence-corrected chi connectivity index (χ3v) is 8.53. The van der Waals surface area contributed by atoms with Crippen molar-refractivity contribution in [2.75, 3.05) is 19.6 Å². The molecule has 9 heteroatoms. The van der Waals surface area contributed by atoms with Crippen LogP contribution < -0.4 is 0 Å². The van der Waals surface area contributed by atoms with E-state index >= 15 is 0 Å². The minimum atomic E-state index is -3.73. The molecule has 1 aliphatic rings. The van der Waals surface area contributed by atoms with Crippen LogP contribution in [0.15, 0.2) is 47.4 Å². The van der Waals surface area contributed by atoms with Crippen molar-refractivity contribution >= 4 is 39.2 Å². The molecule has 1 fully saturated rings. The van der Waals surface area contributed by atoms with E-state index in [9.17, 15) is 13.2 Å². The Balaban J connectivity index is 1.63. The summed E-state index contributed by atoms with van der Waals surface area (Å²) in [6, 6.07) is 11.5. The van der Waals surface area contributed by atoms with E-state index in [1.165, 1.54) is 12.1 Å². The van der Waals surface area contributed by atoms with E-state index in [2.05, 4.69) is 4.90 Å². The molecule has 0 spiro atoms. The summed E-state index contributed by atoms with van der Waals surface area (Å²) in [6.07, 6.45) is 1.59. The van der Waals surface area contributed by atoms with Crippen molar-refractivity contribution in [3.05, 3.63) is 63.6 Å². The Kier molecular flexibility index (Phi) is 8.22. The monoisotopic (exact) mass is 498 g/mol. The summed E-state index contributed by atoms with van der Waals surface area (Å²) < 4.78 is 28.3. The van der Waals surface area contributed by atoms with Gasteiger partial charge in [-0.05, 0) is 68.6 Å². The Labute approximate surface area is 199 Å². The number of piperazine rings is 1. The summed E-state index contributed by atoms with van der Waals surface area (Å²) in [7, 11) is -3.73. The van der Waals surface area contributed by atoms with Crippen LogP contribution in [0.4, 0.5) is 0 Å². The van der Waals surface area contributed by atoms with Gasteiger partial charge in [0.1, 0.15) is 0 Å². The van der Waals surface area contributed by atoms with Gasteiger partial charge in [-0.3, -0.25) is 4.79 Å². The van der Waals surface area contributed by atoms with Gasteiger partial charge in [0.15, 0.2) is 0 Å². The summed E-state index contributed by atoms with van der Waals surface area (Å²) in [5.41, 5.74) is 1.60. The zero-order chi connectivity index (χ0) is 23.5. The maximum atomic E-state index is 13.3. The van der Waals surface area contributed by atoms with E-state index in [1.807, 2.05) is 26.0 Å². The van der Waals surface area contributed by atoms with Gasteiger partial charge < -0.3 is 10.0 Å². The Hall–Kier alpha value is -1.64. The van der Waals surface area contributed by atoms with Crippen molar-refractivity contribution in [2.24, 2.45) is 0 Å². The zero-order valence-corrected chi connectivity index (χ0v) is 20.5. The van der Waals surface area contributed by atoms with Crippen molar-refractivity contribution in [3.8, 4) is 0 Å². The van der Waals surface area contributed by atoms with Gasteiger partial charge in [0.25, 0.3) is 0 Å². The van der Waals surface area contributed by atoms with E-state index in [-0.39, 0.29) is 23.4 Å². The first-order valence-corrected chi connectivity index (χ1v) is 12.8. The summed E-state index contributed by atoms with van der Waals surface area (Å²) in [4.78, 5) is 13.4. The SMILES string of the molecule is C[C@@H]1CN(CCCc2ccc(Cl)c(Cl)c2)C[C@H](C)N1S(=O)(=O)c1cccc(CC(=O)O)c1. The molecule has 0 aliphatic carbocycles. The Morgan fingerprint density at radius 1 is 1.03 bits per heavy atom. The summed E-state index contributed by atoms with van der Waals surface area (Å²) in [6.45, 7) is 5.97. The number of carboxylic acid groups (broad SMARTS) is 1. The first-order chi connectivity index (χ1) is 15.1. The van der Waals surface area contributed by atoms with Crippen LogP contribution in [0, 0.1) is 0 Å². The number of carboxylic acids is 1. The number of benzene rings is 2. The van der Waals surface area contributed by atoms with Crippen LogP contribution in [0.2, 0.25) is 10.0 Å². The fraction of sp³-hybridized carbons (Fsp3) is 0.435. The van der Waals surface area contributed by atoms with Crippen molar-refractivity contribution < 1.29 is 18.3 Å². The molecule has 174 valence electrons. The van der Waals surface area contributed by atoms with Crippen molar-refractivity contribution in [3.63, 3.8) is 0 Å². The standard InChI is InChI=1S/C23H28Cl2N2O4S/c1-16-14-26(10-4-6-18-8-9-21(24)22(25)12-18)15-17(2)27(16)32(30,31)20-7-3-5-19(11-20)13-23(28)29/h3,5,7-9,11-12,16-17H,4,6,10,13-15H2,1-2H3,(H,28,29)/t16-,17+. The molecule has 6 nitrogen and oxygen atoms in total. The number of rotatable bonds is 8. The molecular weight excluding hydrogens is 471 g/mol. The average Bonchev–Trinajstić information content (AvgIpc) is 2.70. The fourth-order valence-corrected chi connectivity index (χ4v) is 6.58. The van der Waals surface area contributed by atoms with Gasteiger partial charge in [0.05, 0.1) is 21.4 Å². The lowest BCUT2D eigenvalue weighted by molar-refractivity contribution is -0.136. The molecule has 1 saturated heterocycles. The molecule has 2 aromatic carbocycles. The van der Waals surface area contributed by atoms with E-state index in [4.69, 9.17) is 28.3 Å². The molecule has 32 heavy (non-hydrogen) atoms. The van der Waals surface area contributed by atoms with E-state index in [1.54, 1.807) is 22.5 Å². The number of carbonyl (C=O) groups is 1. The molecular formula is C23H28Cl2N2O4S. The van der Waals surface area contributed by atoms with Gasteiger partial charge in [-0.25, -0.2) is 8.42 Å². The van der Waals surface area contributed by atoms with Crippen LogP contribution in [0.3, 0.4) is 0 Å². The van der Waals surface area contributed by atoms with Crippen LogP contribution in [0.25, 0.3) is 0 Å². The van der Waals surface area contributed by atoms with E-state index in [0.29, 0.717) is 28.7 Å². The topological polar surface area (TPSA) is 77.9 Å². The smallest absolute Gasteiger partial charge is 0.307 e. The maximum absolute atomic E-state index is 13.3. The van der Waals surface area contributed by atoms with Gasteiger partial charge in [-0.1, -0.05) is 41.4 Å².